The molecule has 5 heteroatoms. The highest BCUT2D eigenvalue weighted by molar-refractivity contribution is 7.98. The standard InChI is InChI=1S/C10H10O4S/c1-14-7-4-3-6(5-8(7)15-2)9(11)10(12)13/h3-5H,1-2H3,(H,12,13). The molecule has 80 valence electrons. The second-order valence-electron chi connectivity index (χ2n) is 2.70. The largest absolute Gasteiger partial charge is 0.496 e. The maximum atomic E-state index is 11.2. The molecule has 0 atom stereocenters. The number of ether oxygens (including phenoxy) is 1. The van der Waals surface area contributed by atoms with Crippen molar-refractivity contribution in [3.63, 3.8) is 0 Å². The van der Waals surface area contributed by atoms with Crippen LogP contribution in [0, 0.1) is 0 Å². The molecule has 0 fully saturated rings. The van der Waals surface area contributed by atoms with Crippen molar-refractivity contribution in [3.05, 3.63) is 23.8 Å². The quantitative estimate of drug-likeness (QED) is 0.481. The topological polar surface area (TPSA) is 63.6 Å². The summed E-state index contributed by atoms with van der Waals surface area (Å²) in [4.78, 5) is 22.4. The molecule has 0 heterocycles. The fourth-order valence-corrected chi connectivity index (χ4v) is 1.70. The molecule has 0 aliphatic rings. The van der Waals surface area contributed by atoms with E-state index in [4.69, 9.17) is 9.84 Å². The second kappa shape index (κ2) is 4.84. The highest BCUT2D eigenvalue weighted by atomic mass is 32.2. The first-order valence-electron chi connectivity index (χ1n) is 4.09. The number of hydrogen-bond donors (Lipinski definition) is 1. The van der Waals surface area contributed by atoms with Gasteiger partial charge in [-0.05, 0) is 24.5 Å². The number of benzene rings is 1. The number of carboxylic acids is 1. The molecule has 15 heavy (non-hydrogen) atoms. The minimum atomic E-state index is -1.45. The average Bonchev–Trinajstić information content (AvgIpc) is 2.26. The lowest BCUT2D eigenvalue weighted by Gasteiger charge is -2.06. The molecule has 0 unspecified atom stereocenters. The fourth-order valence-electron chi connectivity index (χ4n) is 1.10. The van der Waals surface area contributed by atoms with Gasteiger partial charge in [0.15, 0.2) is 0 Å². The SMILES string of the molecule is COc1ccc(C(=O)C(=O)O)cc1SC. The molecule has 0 aromatic heterocycles. The van der Waals surface area contributed by atoms with E-state index in [1.165, 1.54) is 31.0 Å². The van der Waals surface area contributed by atoms with E-state index in [1.807, 2.05) is 6.26 Å². The third kappa shape index (κ3) is 2.50. The number of aliphatic carboxylic acids is 1. The maximum Gasteiger partial charge on any atom is 0.377 e. The van der Waals surface area contributed by atoms with Gasteiger partial charge >= 0.3 is 5.97 Å². The summed E-state index contributed by atoms with van der Waals surface area (Å²) in [5, 5.41) is 8.54. The van der Waals surface area contributed by atoms with Crippen molar-refractivity contribution in [1.29, 1.82) is 0 Å². The van der Waals surface area contributed by atoms with Gasteiger partial charge in [0.2, 0.25) is 0 Å². The molecule has 0 saturated carbocycles. The maximum absolute atomic E-state index is 11.2. The van der Waals surface area contributed by atoms with Gasteiger partial charge < -0.3 is 9.84 Å². The molecule has 0 aliphatic heterocycles. The summed E-state index contributed by atoms with van der Waals surface area (Å²) in [6, 6.07) is 4.54. The van der Waals surface area contributed by atoms with E-state index in [-0.39, 0.29) is 5.56 Å². The number of carboxylic acid groups (broad SMARTS) is 1. The van der Waals surface area contributed by atoms with Crippen molar-refractivity contribution in [3.8, 4) is 5.75 Å². The number of Topliss-reactive ketones (excluding diaryl/α,β-unsaturated/α-hetero) is 1. The number of carbonyl (C=O) groups is 2. The first kappa shape index (κ1) is 11.6. The number of carbonyl (C=O) groups excluding carboxylic acids is 1. The van der Waals surface area contributed by atoms with Gasteiger partial charge in [0.1, 0.15) is 5.75 Å². The summed E-state index contributed by atoms with van der Waals surface area (Å²) in [5.41, 5.74) is 0.160. The van der Waals surface area contributed by atoms with E-state index in [0.29, 0.717) is 5.75 Å². The monoisotopic (exact) mass is 226 g/mol. The number of thioether (sulfide) groups is 1. The number of hydrogen-bond acceptors (Lipinski definition) is 4. The van der Waals surface area contributed by atoms with Crippen molar-refractivity contribution in [1.82, 2.24) is 0 Å². The zero-order valence-electron chi connectivity index (χ0n) is 8.31. The van der Waals surface area contributed by atoms with E-state index < -0.39 is 11.8 Å². The van der Waals surface area contributed by atoms with E-state index in [0.717, 1.165) is 4.90 Å². The molecule has 0 radical (unpaired) electrons. The van der Waals surface area contributed by atoms with Gasteiger partial charge in [-0.25, -0.2) is 4.79 Å². The summed E-state index contributed by atoms with van der Waals surface area (Å²) in [5.74, 6) is -1.73. The van der Waals surface area contributed by atoms with Crippen molar-refractivity contribution in [2.75, 3.05) is 13.4 Å². The average molecular weight is 226 g/mol. The van der Waals surface area contributed by atoms with Gasteiger partial charge in [-0.1, -0.05) is 0 Å². The Morgan fingerprint density at radius 2 is 2.07 bits per heavy atom. The lowest BCUT2D eigenvalue weighted by molar-refractivity contribution is -0.131. The Bertz CT molecular complexity index is 400. The van der Waals surface area contributed by atoms with Crippen LogP contribution in [0.4, 0.5) is 0 Å². The molecule has 1 aromatic carbocycles. The molecule has 4 nitrogen and oxygen atoms in total. The van der Waals surface area contributed by atoms with Crippen molar-refractivity contribution in [2.45, 2.75) is 4.90 Å². The van der Waals surface area contributed by atoms with Crippen LogP contribution in [0.25, 0.3) is 0 Å². The Kier molecular flexibility index (Phi) is 3.74. The summed E-state index contributed by atoms with van der Waals surface area (Å²) in [6.45, 7) is 0. The normalized spacial score (nSPS) is 9.73. The van der Waals surface area contributed by atoms with Gasteiger partial charge in [-0.3, -0.25) is 4.79 Å². The number of rotatable bonds is 4. The van der Waals surface area contributed by atoms with E-state index in [1.54, 1.807) is 6.07 Å². The van der Waals surface area contributed by atoms with Gasteiger partial charge in [-0.15, -0.1) is 11.8 Å². The predicted octanol–water partition coefficient (Wildman–Crippen LogP) is 1.68. The van der Waals surface area contributed by atoms with Crippen molar-refractivity contribution >= 4 is 23.5 Å². The third-order valence-electron chi connectivity index (χ3n) is 1.84. The molecule has 1 rings (SSSR count). The molecule has 0 aliphatic carbocycles. The van der Waals surface area contributed by atoms with E-state index >= 15 is 0 Å². The van der Waals surface area contributed by atoms with Gasteiger partial charge in [-0.2, -0.15) is 0 Å². The Balaban J connectivity index is 3.13. The van der Waals surface area contributed by atoms with Crippen molar-refractivity contribution in [2.24, 2.45) is 0 Å². The van der Waals surface area contributed by atoms with Gasteiger partial charge in [0, 0.05) is 10.5 Å². The summed E-state index contributed by atoms with van der Waals surface area (Å²) in [6.07, 6.45) is 1.83. The minimum Gasteiger partial charge on any atom is -0.496 e. The van der Waals surface area contributed by atoms with Gasteiger partial charge in [0.25, 0.3) is 5.78 Å². The highest BCUT2D eigenvalue weighted by Crippen LogP contribution is 2.28. The minimum absolute atomic E-state index is 0.160. The third-order valence-corrected chi connectivity index (χ3v) is 2.60. The summed E-state index contributed by atoms with van der Waals surface area (Å²) < 4.78 is 5.05. The number of methoxy groups -OCH3 is 1. The van der Waals surface area contributed by atoms with Crippen LogP contribution in [0.15, 0.2) is 23.1 Å². The van der Waals surface area contributed by atoms with Crippen LogP contribution >= 0.6 is 11.8 Å². The van der Waals surface area contributed by atoms with Crippen LogP contribution in [0.1, 0.15) is 10.4 Å². The van der Waals surface area contributed by atoms with Crippen LogP contribution in [0.5, 0.6) is 5.75 Å². The molecule has 0 bridgehead atoms. The predicted molar refractivity (Wildman–Crippen MR) is 56.7 cm³/mol. The van der Waals surface area contributed by atoms with E-state index in [9.17, 15) is 9.59 Å². The smallest absolute Gasteiger partial charge is 0.377 e. The molecule has 0 saturated heterocycles. The first-order valence-corrected chi connectivity index (χ1v) is 5.32. The lowest BCUT2D eigenvalue weighted by Crippen LogP contribution is -2.12. The molecule has 0 amide bonds. The number of ketones is 1. The molecular formula is C10H10O4S. The molecule has 1 aromatic rings. The van der Waals surface area contributed by atoms with Crippen LogP contribution in [-0.4, -0.2) is 30.2 Å². The Morgan fingerprint density at radius 3 is 2.53 bits per heavy atom. The van der Waals surface area contributed by atoms with E-state index in [2.05, 4.69) is 0 Å². The van der Waals surface area contributed by atoms with Crippen molar-refractivity contribution < 1.29 is 19.4 Å². The van der Waals surface area contributed by atoms with Crippen LogP contribution < -0.4 is 4.74 Å². The Morgan fingerprint density at radius 1 is 1.40 bits per heavy atom. The summed E-state index contributed by atoms with van der Waals surface area (Å²) in [7, 11) is 1.52. The molecule has 0 spiro atoms. The summed E-state index contributed by atoms with van der Waals surface area (Å²) >= 11 is 1.39. The highest BCUT2D eigenvalue weighted by Gasteiger charge is 2.16. The zero-order chi connectivity index (χ0) is 11.4. The molecule has 1 N–H and O–H groups in total. The van der Waals surface area contributed by atoms with Crippen LogP contribution in [-0.2, 0) is 4.79 Å². The second-order valence-corrected chi connectivity index (χ2v) is 3.55. The fraction of sp³-hybridized carbons (Fsp3) is 0.200. The van der Waals surface area contributed by atoms with Crippen LogP contribution in [0.2, 0.25) is 0 Å². The first-order chi connectivity index (χ1) is 7.10. The Hall–Kier alpha value is -1.49. The Labute approximate surface area is 91.2 Å². The zero-order valence-corrected chi connectivity index (χ0v) is 9.13. The van der Waals surface area contributed by atoms with Crippen LogP contribution in [0.3, 0.4) is 0 Å². The molecular weight excluding hydrogens is 216 g/mol. The lowest BCUT2D eigenvalue weighted by atomic mass is 10.1. The van der Waals surface area contributed by atoms with Gasteiger partial charge in [0.05, 0.1) is 7.11 Å².